The van der Waals surface area contributed by atoms with E-state index in [-0.39, 0.29) is 22.7 Å². The zero-order chi connectivity index (χ0) is 36.3. The van der Waals surface area contributed by atoms with Gasteiger partial charge < -0.3 is 0 Å². The highest BCUT2D eigenvalue weighted by Crippen LogP contribution is 2.52. The number of nitrogens with zero attached hydrogens (tertiary/aromatic N) is 4. The molecular formula is C42H20N4O2S4. The number of carbonyl (C=O) groups excluding carboxylic acids is 2. The van der Waals surface area contributed by atoms with E-state index in [2.05, 4.69) is 26.0 Å². The number of rotatable bonds is 4. The van der Waals surface area contributed by atoms with Gasteiger partial charge in [-0.05, 0) is 61.4 Å². The Balaban J connectivity index is 1.17. The van der Waals surface area contributed by atoms with Crippen molar-refractivity contribution >= 4 is 89.6 Å². The number of fused-ring (bicyclic) bond motifs is 3. The summed E-state index contributed by atoms with van der Waals surface area (Å²) in [5.41, 5.74) is 5.74. The number of benzene rings is 2. The first kappa shape index (κ1) is 32.9. The van der Waals surface area contributed by atoms with Crippen LogP contribution in [0, 0.1) is 59.2 Å². The van der Waals surface area contributed by atoms with E-state index in [1.54, 1.807) is 106 Å². The average molecular weight is 741 g/mol. The monoisotopic (exact) mass is 740 g/mol. The topological polar surface area (TPSA) is 129 Å². The van der Waals surface area contributed by atoms with Crippen molar-refractivity contribution in [1.29, 1.82) is 21.0 Å². The minimum Gasteiger partial charge on any atom is -0.289 e. The number of allylic oxidation sites excluding steroid dienone is 6. The third-order valence-electron chi connectivity index (χ3n) is 9.05. The minimum atomic E-state index is -0.202. The van der Waals surface area contributed by atoms with Crippen LogP contribution in [-0.2, 0) is 0 Å². The highest BCUT2D eigenvalue weighted by molar-refractivity contribution is 7.31. The fourth-order valence-electron chi connectivity index (χ4n) is 6.83. The molecule has 8 rings (SSSR count). The van der Waals surface area contributed by atoms with Crippen molar-refractivity contribution in [3.63, 3.8) is 0 Å². The molecule has 2 aromatic carbocycles. The maximum atomic E-state index is 13.5. The summed E-state index contributed by atoms with van der Waals surface area (Å²) in [6, 6.07) is 30.1. The normalized spacial score (nSPS) is 14.7. The average Bonchev–Trinajstić information content (AvgIpc) is 4.00. The molecule has 0 N–H and O–H groups in total. The fraction of sp³-hybridized carbons (Fsp3) is 0.0476. The first-order chi connectivity index (χ1) is 25.3. The van der Waals surface area contributed by atoms with Gasteiger partial charge >= 0.3 is 0 Å². The number of thiophene rings is 4. The van der Waals surface area contributed by atoms with E-state index in [0.29, 0.717) is 44.5 Å². The molecule has 0 saturated heterocycles. The molecule has 6 nitrogen and oxygen atoms in total. The number of carbonyl (C=O) groups is 2. The minimum absolute atomic E-state index is 0.0860. The van der Waals surface area contributed by atoms with Crippen molar-refractivity contribution in [2.24, 2.45) is 0 Å². The van der Waals surface area contributed by atoms with E-state index in [9.17, 15) is 30.6 Å². The van der Waals surface area contributed by atoms with E-state index < -0.39 is 0 Å². The molecule has 2 aliphatic carbocycles. The van der Waals surface area contributed by atoms with Crippen LogP contribution < -0.4 is 0 Å². The Kier molecular flexibility index (Phi) is 8.12. The Labute approximate surface area is 314 Å². The molecule has 244 valence electrons. The second kappa shape index (κ2) is 12.8. The molecule has 0 atom stereocenters. The van der Waals surface area contributed by atoms with Crippen LogP contribution in [0.5, 0.6) is 0 Å². The number of aryl methyl sites for hydroxylation is 2. The second-order valence-electron chi connectivity index (χ2n) is 11.9. The van der Waals surface area contributed by atoms with Gasteiger partial charge in [-0.15, -0.1) is 45.3 Å². The number of ketones is 2. The lowest BCUT2D eigenvalue weighted by atomic mass is 9.99. The Hall–Kier alpha value is -6.24. The molecule has 6 aromatic rings. The van der Waals surface area contributed by atoms with Gasteiger partial charge in [0, 0.05) is 73.8 Å². The van der Waals surface area contributed by atoms with E-state index in [0.717, 1.165) is 40.4 Å². The summed E-state index contributed by atoms with van der Waals surface area (Å²) in [5, 5.41) is 38.8. The van der Waals surface area contributed by atoms with E-state index in [1.165, 1.54) is 9.40 Å². The molecule has 0 bridgehead atoms. The van der Waals surface area contributed by atoms with Crippen LogP contribution in [0.1, 0.15) is 51.4 Å². The van der Waals surface area contributed by atoms with Crippen molar-refractivity contribution < 1.29 is 9.59 Å². The molecule has 4 aromatic heterocycles. The molecule has 0 aliphatic heterocycles. The number of nitriles is 4. The summed E-state index contributed by atoms with van der Waals surface area (Å²) in [5.74, 6) is -0.404. The first-order valence-electron chi connectivity index (χ1n) is 15.8. The van der Waals surface area contributed by atoms with E-state index in [4.69, 9.17) is 0 Å². The Morgan fingerprint density at radius 2 is 0.885 bits per heavy atom. The molecule has 0 saturated carbocycles. The Morgan fingerprint density at radius 3 is 1.25 bits per heavy atom. The molecule has 52 heavy (non-hydrogen) atoms. The molecule has 0 radical (unpaired) electrons. The van der Waals surface area contributed by atoms with Crippen molar-refractivity contribution in [2.45, 2.75) is 13.8 Å². The Morgan fingerprint density at radius 1 is 0.519 bits per heavy atom. The standard InChI is InChI=1S/C42H20N4O2S4/c1-21-35(33-13-11-25(51-33)15-31-37(23(17-43)18-44)27-7-3-5-9-29(27)39(31)47)41-42(49-21)36(22(2)50-41)34-14-12-26(52-34)16-32-38(24(19-45)20-46)28-8-4-6-10-30(28)40(32)48/h3-16H,1-2H3. The zero-order valence-electron chi connectivity index (χ0n) is 27.3. The molecule has 2 aliphatic rings. The maximum absolute atomic E-state index is 13.5. The van der Waals surface area contributed by atoms with Gasteiger partial charge in [0.05, 0.1) is 9.40 Å². The van der Waals surface area contributed by atoms with Gasteiger partial charge in [0.2, 0.25) is 0 Å². The van der Waals surface area contributed by atoms with Crippen molar-refractivity contribution in [2.75, 3.05) is 0 Å². The molecule has 0 fully saturated rings. The van der Waals surface area contributed by atoms with E-state index >= 15 is 0 Å². The van der Waals surface area contributed by atoms with Gasteiger partial charge in [-0.25, -0.2) is 0 Å². The molecule has 0 amide bonds. The van der Waals surface area contributed by atoms with Crippen LogP contribution in [0.3, 0.4) is 0 Å². The van der Waals surface area contributed by atoms with Crippen LogP contribution in [0.15, 0.2) is 95.1 Å². The third kappa shape index (κ3) is 5.06. The first-order valence-corrected chi connectivity index (χ1v) is 19.1. The quantitative estimate of drug-likeness (QED) is 0.131. The SMILES string of the molecule is Cc1sc2c(-c3ccc(C=C4C(=O)c5ccccc5C4=C(C#N)C#N)s3)c(C)sc2c1-c1ccc(C=C2C(=O)c3ccccc3C2=C(C#N)C#N)s1. The molecule has 10 heteroatoms. The van der Waals surface area contributed by atoms with E-state index in [1.807, 2.05) is 36.4 Å². The summed E-state index contributed by atoms with van der Waals surface area (Å²) in [6.45, 7) is 4.22. The summed E-state index contributed by atoms with van der Waals surface area (Å²) in [4.78, 5) is 33.0. The lowest BCUT2D eigenvalue weighted by Gasteiger charge is -2.01. The predicted octanol–water partition coefficient (Wildman–Crippen LogP) is 11.2. The van der Waals surface area contributed by atoms with Crippen molar-refractivity contribution in [3.8, 4) is 45.2 Å². The fourth-order valence-corrected chi connectivity index (χ4v) is 11.9. The number of hydrogen-bond donors (Lipinski definition) is 0. The van der Waals surface area contributed by atoms with Crippen LogP contribution >= 0.6 is 45.3 Å². The Bertz CT molecular complexity index is 2680. The zero-order valence-corrected chi connectivity index (χ0v) is 30.6. The van der Waals surface area contributed by atoms with Gasteiger partial charge in [0.1, 0.15) is 35.4 Å². The predicted molar refractivity (Wildman–Crippen MR) is 210 cm³/mol. The largest absolute Gasteiger partial charge is 0.289 e. The molecule has 0 unspecified atom stereocenters. The van der Waals surface area contributed by atoms with Crippen LogP contribution in [0.4, 0.5) is 0 Å². The molecular weight excluding hydrogens is 721 g/mol. The van der Waals surface area contributed by atoms with Gasteiger partial charge in [-0.2, -0.15) is 21.0 Å². The summed E-state index contributed by atoms with van der Waals surface area (Å²) in [6.07, 6.45) is 3.58. The summed E-state index contributed by atoms with van der Waals surface area (Å²) in [7, 11) is 0. The molecule has 0 spiro atoms. The lowest BCUT2D eigenvalue weighted by molar-refractivity contribution is 0.103. The van der Waals surface area contributed by atoms with Gasteiger partial charge in [0.25, 0.3) is 0 Å². The summed E-state index contributed by atoms with van der Waals surface area (Å²) < 4.78 is 2.34. The third-order valence-corrected chi connectivity index (χ3v) is 13.5. The van der Waals surface area contributed by atoms with Crippen molar-refractivity contribution in [1.82, 2.24) is 0 Å². The highest BCUT2D eigenvalue weighted by Gasteiger charge is 2.34. The molecule has 4 heterocycles. The second-order valence-corrected chi connectivity index (χ2v) is 16.6. The van der Waals surface area contributed by atoms with Crippen LogP contribution in [0.2, 0.25) is 0 Å². The van der Waals surface area contributed by atoms with Gasteiger partial charge in [0.15, 0.2) is 11.6 Å². The highest BCUT2D eigenvalue weighted by atomic mass is 32.1. The lowest BCUT2D eigenvalue weighted by Crippen LogP contribution is -1.95. The van der Waals surface area contributed by atoms with Crippen molar-refractivity contribution in [3.05, 3.63) is 137 Å². The van der Waals surface area contributed by atoms with Crippen LogP contribution in [0.25, 0.3) is 53.6 Å². The van der Waals surface area contributed by atoms with Crippen LogP contribution in [-0.4, -0.2) is 11.6 Å². The van der Waals surface area contributed by atoms with Gasteiger partial charge in [-0.1, -0.05) is 48.5 Å². The summed E-state index contributed by atoms with van der Waals surface area (Å²) >= 11 is 6.58. The maximum Gasteiger partial charge on any atom is 0.194 e. The number of hydrogen-bond acceptors (Lipinski definition) is 10. The van der Waals surface area contributed by atoms with Gasteiger partial charge in [-0.3, -0.25) is 9.59 Å². The number of Topliss-reactive ketones (excluding diaryl/α,β-unsaturated/α-hetero) is 2. The smallest absolute Gasteiger partial charge is 0.194 e.